The number of benzene rings is 1. The van der Waals surface area contributed by atoms with Crippen LogP contribution in [0.5, 0.6) is 0 Å². The molecule has 0 aromatic heterocycles. The number of Topliss-reactive ketones (excluding diaryl/α,β-unsaturated/α-hetero) is 1. The number of carbonyl (C=O) groups is 1. The highest BCUT2D eigenvalue weighted by atomic mass is 16.4. The molecule has 0 aliphatic rings. The SMILES string of the molecule is CC(=NO)C(=O)c1cccc(C)c1. The summed E-state index contributed by atoms with van der Waals surface area (Å²) in [5.41, 5.74) is 1.66. The van der Waals surface area contributed by atoms with E-state index in [2.05, 4.69) is 5.16 Å². The average Bonchev–Trinajstić information content (AvgIpc) is 2.15. The number of aryl methyl sites for hydroxylation is 1. The van der Waals surface area contributed by atoms with Crippen molar-refractivity contribution in [2.75, 3.05) is 0 Å². The number of hydrogen-bond donors (Lipinski definition) is 1. The molecule has 1 aromatic carbocycles. The van der Waals surface area contributed by atoms with Gasteiger partial charge in [-0.05, 0) is 19.9 Å². The third-order valence-electron chi connectivity index (χ3n) is 1.76. The number of carbonyl (C=O) groups excluding carboxylic acids is 1. The first-order valence-corrected chi connectivity index (χ1v) is 3.95. The minimum absolute atomic E-state index is 0.102. The maximum Gasteiger partial charge on any atom is 0.210 e. The average molecular weight is 177 g/mol. The van der Waals surface area contributed by atoms with Crippen LogP contribution in [-0.2, 0) is 0 Å². The topological polar surface area (TPSA) is 49.7 Å². The van der Waals surface area contributed by atoms with E-state index in [-0.39, 0.29) is 11.5 Å². The Balaban J connectivity index is 3.03. The van der Waals surface area contributed by atoms with E-state index in [0.717, 1.165) is 5.56 Å². The number of oxime groups is 1. The zero-order chi connectivity index (χ0) is 9.84. The van der Waals surface area contributed by atoms with Gasteiger partial charge in [0.25, 0.3) is 0 Å². The molecule has 3 nitrogen and oxygen atoms in total. The molecular weight excluding hydrogens is 166 g/mol. The van der Waals surface area contributed by atoms with Gasteiger partial charge in [-0.25, -0.2) is 0 Å². The van der Waals surface area contributed by atoms with Gasteiger partial charge in [0, 0.05) is 5.56 Å². The molecule has 1 N–H and O–H groups in total. The smallest absolute Gasteiger partial charge is 0.210 e. The van der Waals surface area contributed by atoms with E-state index < -0.39 is 0 Å². The first-order valence-electron chi connectivity index (χ1n) is 3.95. The summed E-state index contributed by atoms with van der Waals surface area (Å²) in [6.45, 7) is 3.38. The lowest BCUT2D eigenvalue weighted by Gasteiger charge is -1.99. The van der Waals surface area contributed by atoms with Gasteiger partial charge in [0.2, 0.25) is 5.78 Å². The fourth-order valence-electron chi connectivity index (χ4n) is 1.04. The van der Waals surface area contributed by atoms with Crippen LogP contribution >= 0.6 is 0 Å². The highest BCUT2D eigenvalue weighted by molar-refractivity contribution is 6.45. The molecule has 0 saturated carbocycles. The van der Waals surface area contributed by atoms with Crippen LogP contribution in [0.1, 0.15) is 22.8 Å². The summed E-state index contributed by atoms with van der Waals surface area (Å²) in [6, 6.07) is 7.16. The Morgan fingerprint density at radius 2 is 2.15 bits per heavy atom. The Kier molecular flexibility index (Phi) is 2.80. The molecule has 13 heavy (non-hydrogen) atoms. The maximum atomic E-state index is 11.4. The van der Waals surface area contributed by atoms with Crippen molar-refractivity contribution in [1.29, 1.82) is 0 Å². The zero-order valence-electron chi connectivity index (χ0n) is 7.61. The first kappa shape index (κ1) is 9.45. The van der Waals surface area contributed by atoms with Crippen LogP contribution in [0.2, 0.25) is 0 Å². The molecule has 0 saturated heterocycles. The van der Waals surface area contributed by atoms with Crippen molar-refractivity contribution >= 4 is 11.5 Å². The van der Waals surface area contributed by atoms with Gasteiger partial charge < -0.3 is 5.21 Å². The summed E-state index contributed by atoms with van der Waals surface area (Å²) in [5, 5.41) is 11.3. The third kappa shape index (κ3) is 2.15. The molecule has 0 aliphatic carbocycles. The molecule has 0 spiro atoms. The molecule has 1 aromatic rings. The largest absolute Gasteiger partial charge is 0.411 e. The maximum absolute atomic E-state index is 11.4. The van der Waals surface area contributed by atoms with Gasteiger partial charge in [-0.2, -0.15) is 0 Å². The summed E-state index contributed by atoms with van der Waals surface area (Å²) in [5.74, 6) is -0.244. The zero-order valence-corrected chi connectivity index (χ0v) is 7.61. The molecule has 0 aliphatic heterocycles. The number of hydrogen-bond acceptors (Lipinski definition) is 3. The lowest BCUT2D eigenvalue weighted by atomic mass is 10.1. The number of nitrogens with zero attached hydrogens (tertiary/aromatic N) is 1. The van der Waals surface area contributed by atoms with Gasteiger partial charge >= 0.3 is 0 Å². The van der Waals surface area contributed by atoms with Crippen molar-refractivity contribution in [2.24, 2.45) is 5.16 Å². The molecule has 0 atom stereocenters. The second-order valence-corrected chi connectivity index (χ2v) is 2.88. The van der Waals surface area contributed by atoms with E-state index in [0.29, 0.717) is 5.56 Å². The van der Waals surface area contributed by atoms with E-state index in [1.807, 2.05) is 13.0 Å². The van der Waals surface area contributed by atoms with Crippen LogP contribution < -0.4 is 0 Å². The normalized spacial score (nSPS) is 11.4. The molecule has 0 fully saturated rings. The van der Waals surface area contributed by atoms with E-state index in [1.165, 1.54) is 6.92 Å². The summed E-state index contributed by atoms with van der Waals surface area (Å²) in [6.07, 6.45) is 0. The van der Waals surface area contributed by atoms with Crippen LogP contribution in [0.4, 0.5) is 0 Å². The highest BCUT2D eigenvalue weighted by Crippen LogP contribution is 2.05. The fourth-order valence-corrected chi connectivity index (χ4v) is 1.04. The molecule has 68 valence electrons. The summed E-state index contributed by atoms with van der Waals surface area (Å²) < 4.78 is 0. The van der Waals surface area contributed by atoms with Crippen LogP contribution in [-0.4, -0.2) is 16.7 Å². The Labute approximate surface area is 76.7 Å². The highest BCUT2D eigenvalue weighted by Gasteiger charge is 2.09. The molecule has 1 rings (SSSR count). The van der Waals surface area contributed by atoms with E-state index in [9.17, 15) is 4.79 Å². The number of rotatable bonds is 2. The standard InChI is InChI=1S/C10H11NO2/c1-7-4-3-5-9(6-7)10(12)8(2)11-13/h3-6,13H,1-2H3. The third-order valence-corrected chi connectivity index (χ3v) is 1.76. The van der Waals surface area contributed by atoms with Crippen molar-refractivity contribution in [2.45, 2.75) is 13.8 Å². The summed E-state index contributed by atoms with van der Waals surface area (Å²) >= 11 is 0. The molecule has 0 radical (unpaired) electrons. The van der Waals surface area contributed by atoms with E-state index >= 15 is 0 Å². The summed E-state index contributed by atoms with van der Waals surface area (Å²) in [7, 11) is 0. The molecule has 0 unspecified atom stereocenters. The van der Waals surface area contributed by atoms with Crippen LogP contribution in [0.25, 0.3) is 0 Å². The van der Waals surface area contributed by atoms with Gasteiger partial charge in [-0.15, -0.1) is 0 Å². The Morgan fingerprint density at radius 3 is 2.69 bits per heavy atom. The van der Waals surface area contributed by atoms with Crippen LogP contribution in [0, 0.1) is 6.92 Å². The molecule has 3 heteroatoms. The second kappa shape index (κ2) is 3.85. The molecule has 0 heterocycles. The van der Waals surface area contributed by atoms with Crippen molar-refractivity contribution in [3.05, 3.63) is 35.4 Å². The lowest BCUT2D eigenvalue weighted by Crippen LogP contribution is -2.10. The summed E-state index contributed by atoms with van der Waals surface area (Å²) in [4.78, 5) is 11.4. The van der Waals surface area contributed by atoms with Crippen molar-refractivity contribution < 1.29 is 10.0 Å². The van der Waals surface area contributed by atoms with Gasteiger partial charge in [-0.1, -0.05) is 28.9 Å². The molecule has 0 bridgehead atoms. The van der Waals surface area contributed by atoms with Gasteiger partial charge in [-0.3, -0.25) is 4.79 Å². The van der Waals surface area contributed by atoms with Crippen molar-refractivity contribution in [1.82, 2.24) is 0 Å². The minimum atomic E-state index is -0.244. The van der Waals surface area contributed by atoms with Crippen LogP contribution in [0.15, 0.2) is 29.4 Å². The predicted molar refractivity (Wildman–Crippen MR) is 50.4 cm³/mol. The monoisotopic (exact) mass is 177 g/mol. The van der Waals surface area contributed by atoms with Gasteiger partial charge in [0.05, 0.1) is 0 Å². The second-order valence-electron chi connectivity index (χ2n) is 2.88. The lowest BCUT2D eigenvalue weighted by molar-refractivity contribution is 0.106. The first-order chi connectivity index (χ1) is 6.15. The van der Waals surface area contributed by atoms with Crippen LogP contribution in [0.3, 0.4) is 0 Å². The van der Waals surface area contributed by atoms with Gasteiger partial charge in [0.15, 0.2) is 0 Å². The predicted octanol–water partition coefficient (Wildman–Crippen LogP) is 2.03. The Morgan fingerprint density at radius 1 is 1.46 bits per heavy atom. The molecular formula is C10H11NO2. The Hall–Kier alpha value is -1.64. The fraction of sp³-hybridized carbons (Fsp3) is 0.200. The quantitative estimate of drug-likeness (QED) is 0.325. The van der Waals surface area contributed by atoms with E-state index in [1.54, 1.807) is 18.2 Å². The van der Waals surface area contributed by atoms with Gasteiger partial charge in [0.1, 0.15) is 5.71 Å². The molecule has 0 amide bonds. The van der Waals surface area contributed by atoms with E-state index in [4.69, 9.17) is 5.21 Å². The minimum Gasteiger partial charge on any atom is -0.411 e. The number of ketones is 1. The Bertz CT molecular complexity index is 356. The van der Waals surface area contributed by atoms with Crippen molar-refractivity contribution in [3.63, 3.8) is 0 Å². The van der Waals surface area contributed by atoms with Crippen molar-refractivity contribution in [3.8, 4) is 0 Å².